The molecule has 0 aliphatic heterocycles. The molecule has 4 aromatic rings. The van der Waals surface area contributed by atoms with Gasteiger partial charge in [-0.15, -0.1) is 11.3 Å². The first-order chi connectivity index (χ1) is 15.9. The van der Waals surface area contributed by atoms with E-state index in [9.17, 15) is 9.90 Å². The average molecular weight is 482 g/mol. The van der Waals surface area contributed by atoms with Crippen LogP contribution in [-0.2, 0) is 0 Å². The predicted molar refractivity (Wildman–Crippen MR) is 132 cm³/mol. The Morgan fingerprint density at radius 3 is 2.76 bits per heavy atom. The molecule has 4 N–H and O–H groups in total. The Morgan fingerprint density at radius 1 is 1.18 bits per heavy atom. The molecule has 0 bridgehead atoms. The van der Waals surface area contributed by atoms with E-state index < -0.39 is 5.60 Å². The van der Waals surface area contributed by atoms with Crippen LogP contribution in [0.5, 0.6) is 0 Å². The number of aromatic nitrogens is 4. The first kappa shape index (κ1) is 21.7. The van der Waals surface area contributed by atoms with Gasteiger partial charge in [0.1, 0.15) is 16.5 Å². The molecule has 1 aliphatic carbocycles. The van der Waals surface area contributed by atoms with E-state index in [-0.39, 0.29) is 11.9 Å². The van der Waals surface area contributed by atoms with E-state index >= 15 is 0 Å². The third-order valence-electron chi connectivity index (χ3n) is 5.62. The number of fused-ring (bicyclic) bond motifs is 1. The highest BCUT2D eigenvalue weighted by Crippen LogP contribution is 2.33. The van der Waals surface area contributed by atoms with Crippen molar-refractivity contribution in [1.29, 1.82) is 0 Å². The molecular formula is C22H23N7O2S2. The zero-order valence-corrected chi connectivity index (χ0v) is 19.5. The van der Waals surface area contributed by atoms with Crippen molar-refractivity contribution in [1.82, 2.24) is 19.3 Å². The number of aliphatic hydroxyl groups is 1. The average Bonchev–Trinajstić information content (AvgIpc) is 3.46. The summed E-state index contributed by atoms with van der Waals surface area (Å²) in [7, 11) is 0. The van der Waals surface area contributed by atoms with E-state index in [1.807, 2.05) is 18.4 Å². The molecule has 0 aromatic carbocycles. The first-order valence-electron chi connectivity index (χ1n) is 10.6. The van der Waals surface area contributed by atoms with Gasteiger partial charge in [0.05, 0.1) is 15.8 Å². The van der Waals surface area contributed by atoms with Crippen LogP contribution in [0.25, 0.3) is 10.2 Å². The Bertz CT molecular complexity index is 1260. The van der Waals surface area contributed by atoms with Crippen LogP contribution in [0.2, 0.25) is 0 Å². The largest absolute Gasteiger partial charge is 0.390 e. The minimum atomic E-state index is -0.581. The van der Waals surface area contributed by atoms with Crippen LogP contribution in [0.4, 0.5) is 22.5 Å². The van der Waals surface area contributed by atoms with Crippen molar-refractivity contribution in [2.45, 2.75) is 44.2 Å². The van der Waals surface area contributed by atoms with Crippen molar-refractivity contribution in [3.63, 3.8) is 0 Å². The van der Waals surface area contributed by atoms with Gasteiger partial charge in [-0.3, -0.25) is 9.78 Å². The molecule has 0 unspecified atom stereocenters. The van der Waals surface area contributed by atoms with Crippen LogP contribution in [0.1, 0.15) is 43.1 Å². The number of nitrogens with zero attached hydrogens (tertiary/aromatic N) is 4. The normalized spacial score (nSPS) is 20.5. The zero-order chi connectivity index (χ0) is 22.8. The number of carbonyl (C=O) groups excluding carboxylic acids is 1. The van der Waals surface area contributed by atoms with Crippen LogP contribution in [-0.4, -0.2) is 42.0 Å². The Balaban J connectivity index is 1.31. The Kier molecular flexibility index (Phi) is 5.92. The maximum Gasteiger partial charge on any atom is 0.275 e. The number of anilines is 4. The molecule has 170 valence electrons. The second-order valence-corrected chi connectivity index (χ2v) is 10.1. The van der Waals surface area contributed by atoms with Crippen molar-refractivity contribution in [2.24, 2.45) is 0 Å². The highest BCUT2D eigenvalue weighted by Gasteiger charge is 2.29. The highest BCUT2D eigenvalue weighted by atomic mass is 32.1. The maximum absolute atomic E-state index is 12.5. The lowest BCUT2D eigenvalue weighted by atomic mass is 9.84. The van der Waals surface area contributed by atoms with Gasteiger partial charge in [0, 0.05) is 30.2 Å². The van der Waals surface area contributed by atoms with Crippen molar-refractivity contribution < 1.29 is 9.90 Å². The van der Waals surface area contributed by atoms with Crippen molar-refractivity contribution in [3.8, 4) is 0 Å². The van der Waals surface area contributed by atoms with E-state index in [1.54, 1.807) is 41.9 Å². The number of hydrogen-bond acceptors (Lipinski definition) is 10. The molecule has 11 heteroatoms. The molecule has 9 nitrogen and oxygen atoms in total. The van der Waals surface area contributed by atoms with Gasteiger partial charge < -0.3 is 21.1 Å². The monoisotopic (exact) mass is 481 g/mol. The van der Waals surface area contributed by atoms with E-state index in [0.29, 0.717) is 22.3 Å². The number of hydrogen-bond donors (Lipinski definition) is 4. The summed E-state index contributed by atoms with van der Waals surface area (Å²) in [5.74, 6) is 0.926. The second-order valence-electron chi connectivity index (χ2n) is 8.34. The number of pyridine rings is 1. The Hall–Kier alpha value is -3.15. The van der Waals surface area contributed by atoms with Crippen LogP contribution in [0, 0.1) is 0 Å². The minimum absolute atomic E-state index is 0.255. The molecule has 33 heavy (non-hydrogen) atoms. The topological polar surface area (TPSA) is 125 Å². The third-order valence-corrected chi connectivity index (χ3v) is 7.24. The van der Waals surface area contributed by atoms with Gasteiger partial charge >= 0.3 is 0 Å². The van der Waals surface area contributed by atoms with Gasteiger partial charge in [0.15, 0.2) is 0 Å². The highest BCUT2D eigenvalue weighted by molar-refractivity contribution is 7.17. The van der Waals surface area contributed by atoms with E-state index in [1.165, 1.54) is 11.5 Å². The van der Waals surface area contributed by atoms with E-state index in [0.717, 1.165) is 41.7 Å². The molecule has 0 atom stereocenters. The third kappa shape index (κ3) is 5.10. The zero-order valence-electron chi connectivity index (χ0n) is 17.9. The maximum atomic E-state index is 12.5. The first-order valence-corrected chi connectivity index (χ1v) is 12.3. The summed E-state index contributed by atoms with van der Waals surface area (Å²) in [4.78, 5) is 25.7. The SMILES string of the molecule is CC1(O)CCC(Nc2nc(Nc3cc(C(=O)Nc4ccncc4)ns3)nc3ccsc23)CC1. The van der Waals surface area contributed by atoms with Gasteiger partial charge in [-0.25, -0.2) is 4.98 Å². The molecule has 1 aliphatic rings. The fraction of sp³-hybridized carbons (Fsp3) is 0.318. The fourth-order valence-electron chi connectivity index (χ4n) is 3.78. The van der Waals surface area contributed by atoms with Crippen LogP contribution in [0.15, 0.2) is 42.0 Å². The molecule has 4 heterocycles. The molecule has 0 spiro atoms. The molecule has 1 fully saturated rings. The fourth-order valence-corrected chi connectivity index (χ4v) is 5.19. The van der Waals surface area contributed by atoms with Gasteiger partial charge in [0.2, 0.25) is 5.95 Å². The summed E-state index contributed by atoms with van der Waals surface area (Å²) in [5.41, 5.74) is 1.23. The molecule has 0 radical (unpaired) electrons. The summed E-state index contributed by atoms with van der Waals surface area (Å²) in [6.07, 6.45) is 6.53. The van der Waals surface area contributed by atoms with Crippen molar-refractivity contribution in [3.05, 3.63) is 47.7 Å². The van der Waals surface area contributed by atoms with E-state index in [2.05, 4.69) is 30.3 Å². The summed E-state index contributed by atoms with van der Waals surface area (Å²) in [6.45, 7) is 1.90. The van der Waals surface area contributed by atoms with Gasteiger partial charge in [0.25, 0.3) is 5.91 Å². The van der Waals surface area contributed by atoms with E-state index in [4.69, 9.17) is 4.98 Å². The molecule has 0 saturated heterocycles. The minimum Gasteiger partial charge on any atom is -0.390 e. The van der Waals surface area contributed by atoms with Gasteiger partial charge in [-0.1, -0.05) is 0 Å². The smallest absolute Gasteiger partial charge is 0.275 e. The predicted octanol–water partition coefficient (Wildman–Crippen LogP) is 4.64. The number of rotatable bonds is 6. The quantitative estimate of drug-likeness (QED) is 0.314. The molecule has 5 rings (SSSR count). The Morgan fingerprint density at radius 2 is 1.97 bits per heavy atom. The van der Waals surface area contributed by atoms with Gasteiger partial charge in [-0.05, 0) is 67.7 Å². The Labute approximate surface area is 198 Å². The summed E-state index contributed by atoms with van der Waals surface area (Å²) in [5, 5.41) is 22.4. The lowest BCUT2D eigenvalue weighted by Crippen LogP contribution is -2.35. The lowest BCUT2D eigenvalue weighted by Gasteiger charge is -2.33. The van der Waals surface area contributed by atoms with Crippen LogP contribution >= 0.6 is 22.9 Å². The molecule has 4 aromatic heterocycles. The van der Waals surface area contributed by atoms with Crippen LogP contribution < -0.4 is 16.0 Å². The summed E-state index contributed by atoms with van der Waals surface area (Å²) in [6, 6.07) is 7.33. The second kappa shape index (κ2) is 9.00. The van der Waals surface area contributed by atoms with Crippen molar-refractivity contribution in [2.75, 3.05) is 16.0 Å². The summed E-state index contributed by atoms with van der Waals surface area (Å²) >= 11 is 2.77. The number of nitrogens with one attached hydrogen (secondary N) is 3. The number of amides is 1. The van der Waals surface area contributed by atoms with Gasteiger partial charge in [-0.2, -0.15) is 9.36 Å². The number of carbonyl (C=O) groups is 1. The summed E-state index contributed by atoms with van der Waals surface area (Å²) < 4.78 is 5.25. The molecule has 1 saturated carbocycles. The molecular weight excluding hydrogens is 458 g/mol. The van der Waals surface area contributed by atoms with Crippen LogP contribution in [0.3, 0.4) is 0 Å². The standard InChI is InChI=1S/C22H23N7O2S2/c1-22(31)7-2-13(3-8-22)24-19-18-15(6-11-32-18)26-21(28-19)27-17-12-16(29-33-17)20(30)25-14-4-9-23-10-5-14/h4-6,9-13,31H,2-3,7-8H2,1H3,(H,23,25,30)(H2,24,26,27,28). The lowest BCUT2D eigenvalue weighted by molar-refractivity contribution is 0.0196. The molecule has 1 amide bonds. The van der Waals surface area contributed by atoms with Crippen molar-refractivity contribution >= 4 is 61.4 Å². The number of thiophene rings is 1.